The molecule has 20 heavy (non-hydrogen) atoms. The quantitative estimate of drug-likeness (QED) is 0.745. The molecule has 0 bridgehead atoms. The molecule has 1 aromatic rings. The highest BCUT2D eigenvalue weighted by molar-refractivity contribution is 5.66. The molecule has 0 aromatic heterocycles. The topological polar surface area (TPSA) is 79.2 Å². The van der Waals surface area contributed by atoms with Crippen LogP contribution in [0.5, 0.6) is 11.5 Å². The minimum Gasteiger partial charge on any atom is -0.497 e. The predicted molar refractivity (Wildman–Crippen MR) is 74.3 cm³/mol. The van der Waals surface area contributed by atoms with Gasteiger partial charge in [0.25, 0.3) is 0 Å². The number of carboxylic acid groups (broad SMARTS) is 1. The molecule has 0 amide bonds. The number of methoxy groups -OCH3 is 2. The van der Waals surface area contributed by atoms with Gasteiger partial charge in [-0.25, -0.2) is 0 Å². The molecule has 6 nitrogen and oxygen atoms in total. The zero-order chi connectivity index (χ0) is 15.1. The highest BCUT2D eigenvalue weighted by Crippen LogP contribution is 2.29. The van der Waals surface area contributed by atoms with E-state index in [0.717, 1.165) is 0 Å². The largest absolute Gasteiger partial charge is 0.497 e. The third-order valence-corrected chi connectivity index (χ3v) is 2.99. The van der Waals surface area contributed by atoms with Gasteiger partial charge in [0.15, 0.2) is 0 Å². The van der Waals surface area contributed by atoms with E-state index in [0.29, 0.717) is 30.2 Å². The Bertz CT molecular complexity index is 449. The van der Waals surface area contributed by atoms with Crippen molar-refractivity contribution >= 4 is 5.97 Å². The summed E-state index contributed by atoms with van der Waals surface area (Å²) in [7, 11) is 4.85. The lowest BCUT2D eigenvalue weighted by Gasteiger charge is -2.21. The number of benzene rings is 1. The standard InChI is InChI=1S/C14H21NO5/c1-15(7-6-14(17)18)9-12(16)11-5-4-10(19-2)8-13(11)20-3/h4-5,8,12,16H,6-7,9H2,1-3H3,(H,17,18). The van der Waals surface area contributed by atoms with Crippen molar-refractivity contribution in [2.45, 2.75) is 12.5 Å². The molecule has 2 N–H and O–H groups in total. The number of likely N-dealkylation sites (N-methyl/N-ethyl adjacent to an activating group) is 1. The van der Waals surface area contributed by atoms with E-state index in [2.05, 4.69) is 0 Å². The monoisotopic (exact) mass is 283 g/mol. The number of aliphatic hydroxyl groups is 1. The van der Waals surface area contributed by atoms with E-state index < -0.39 is 12.1 Å². The molecule has 0 spiro atoms. The summed E-state index contributed by atoms with van der Waals surface area (Å²) in [6.45, 7) is 0.709. The van der Waals surface area contributed by atoms with Gasteiger partial charge in [0.1, 0.15) is 11.5 Å². The van der Waals surface area contributed by atoms with Gasteiger partial charge in [0.05, 0.1) is 26.7 Å². The average Bonchev–Trinajstić information content (AvgIpc) is 2.44. The Labute approximate surface area is 118 Å². The third-order valence-electron chi connectivity index (χ3n) is 2.99. The van der Waals surface area contributed by atoms with Crippen LogP contribution in [0.2, 0.25) is 0 Å². The van der Waals surface area contributed by atoms with E-state index in [-0.39, 0.29) is 6.42 Å². The summed E-state index contributed by atoms with van der Waals surface area (Å²) in [5.41, 5.74) is 0.649. The van der Waals surface area contributed by atoms with E-state index in [1.54, 1.807) is 37.3 Å². The highest BCUT2D eigenvalue weighted by atomic mass is 16.5. The van der Waals surface area contributed by atoms with E-state index in [4.69, 9.17) is 14.6 Å². The molecule has 0 aliphatic rings. The Morgan fingerprint density at radius 3 is 2.60 bits per heavy atom. The number of carboxylic acids is 1. The zero-order valence-electron chi connectivity index (χ0n) is 12.0. The fourth-order valence-electron chi connectivity index (χ4n) is 1.87. The van der Waals surface area contributed by atoms with Crippen LogP contribution in [0.4, 0.5) is 0 Å². The number of hydrogen-bond acceptors (Lipinski definition) is 5. The van der Waals surface area contributed by atoms with Crippen LogP contribution in [-0.4, -0.2) is 55.4 Å². The normalized spacial score (nSPS) is 12.2. The van der Waals surface area contributed by atoms with Crippen molar-refractivity contribution in [2.24, 2.45) is 0 Å². The molecular formula is C14H21NO5. The van der Waals surface area contributed by atoms with Gasteiger partial charge in [-0.15, -0.1) is 0 Å². The van der Waals surface area contributed by atoms with Gasteiger partial charge >= 0.3 is 5.97 Å². The number of rotatable bonds is 8. The summed E-state index contributed by atoms with van der Waals surface area (Å²) >= 11 is 0. The summed E-state index contributed by atoms with van der Waals surface area (Å²) in [6.07, 6.45) is -0.710. The number of carbonyl (C=O) groups is 1. The average molecular weight is 283 g/mol. The van der Waals surface area contributed by atoms with Gasteiger partial charge in [-0.1, -0.05) is 0 Å². The molecular weight excluding hydrogens is 262 g/mol. The number of ether oxygens (including phenoxy) is 2. The lowest BCUT2D eigenvalue weighted by atomic mass is 10.1. The van der Waals surface area contributed by atoms with Crippen molar-refractivity contribution in [3.63, 3.8) is 0 Å². The van der Waals surface area contributed by atoms with E-state index in [9.17, 15) is 9.90 Å². The number of aliphatic hydroxyl groups excluding tert-OH is 1. The Kier molecular flexibility index (Phi) is 6.27. The first-order valence-electron chi connectivity index (χ1n) is 6.28. The predicted octanol–water partition coefficient (Wildman–Crippen LogP) is 1.14. The molecule has 0 aliphatic carbocycles. The Morgan fingerprint density at radius 2 is 2.05 bits per heavy atom. The molecule has 1 rings (SSSR count). The van der Waals surface area contributed by atoms with Crippen LogP contribution in [0.1, 0.15) is 18.1 Å². The summed E-state index contributed by atoms with van der Waals surface area (Å²) in [6, 6.07) is 5.20. The molecule has 0 heterocycles. The minimum atomic E-state index is -0.853. The SMILES string of the molecule is COc1ccc(C(O)CN(C)CCC(=O)O)c(OC)c1. The molecule has 1 unspecified atom stereocenters. The summed E-state index contributed by atoms with van der Waals surface area (Å²) in [5, 5.41) is 18.9. The first-order valence-corrected chi connectivity index (χ1v) is 6.28. The van der Waals surface area contributed by atoms with Crippen molar-refractivity contribution in [1.82, 2.24) is 4.90 Å². The number of nitrogens with zero attached hydrogens (tertiary/aromatic N) is 1. The first-order chi connectivity index (χ1) is 9.47. The second-order valence-corrected chi connectivity index (χ2v) is 4.53. The molecule has 0 saturated heterocycles. The Balaban J connectivity index is 2.71. The number of hydrogen-bond donors (Lipinski definition) is 2. The van der Waals surface area contributed by atoms with Crippen LogP contribution >= 0.6 is 0 Å². The summed E-state index contributed by atoms with van der Waals surface area (Å²) < 4.78 is 10.3. The Hall–Kier alpha value is -1.79. The fourth-order valence-corrected chi connectivity index (χ4v) is 1.87. The third kappa shape index (κ3) is 4.71. The summed E-state index contributed by atoms with van der Waals surface area (Å²) in [5.74, 6) is 0.342. The van der Waals surface area contributed by atoms with E-state index in [1.807, 2.05) is 0 Å². The van der Waals surface area contributed by atoms with Crippen molar-refractivity contribution < 1.29 is 24.5 Å². The van der Waals surface area contributed by atoms with Crippen molar-refractivity contribution in [1.29, 1.82) is 0 Å². The second-order valence-electron chi connectivity index (χ2n) is 4.53. The maximum Gasteiger partial charge on any atom is 0.304 e. The van der Waals surface area contributed by atoms with Crippen LogP contribution in [0.3, 0.4) is 0 Å². The summed E-state index contributed by atoms with van der Waals surface area (Å²) in [4.78, 5) is 12.3. The van der Waals surface area contributed by atoms with Crippen LogP contribution in [0.25, 0.3) is 0 Å². The first kappa shape index (κ1) is 16.3. The highest BCUT2D eigenvalue weighted by Gasteiger charge is 2.16. The lowest BCUT2D eigenvalue weighted by molar-refractivity contribution is -0.137. The van der Waals surface area contributed by atoms with Gasteiger partial charge in [0, 0.05) is 24.7 Å². The molecule has 1 aromatic carbocycles. The van der Waals surface area contributed by atoms with Gasteiger partial charge in [0.2, 0.25) is 0 Å². The van der Waals surface area contributed by atoms with Gasteiger partial charge in [-0.3, -0.25) is 4.79 Å². The molecule has 6 heteroatoms. The van der Waals surface area contributed by atoms with Crippen molar-refractivity contribution in [2.75, 3.05) is 34.4 Å². The molecule has 0 aliphatic heterocycles. The molecule has 112 valence electrons. The van der Waals surface area contributed by atoms with E-state index in [1.165, 1.54) is 7.11 Å². The van der Waals surface area contributed by atoms with Crippen LogP contribution in [-0.2, 0) is 4.79 Å². The fraction of sp³-hybridized carbons (Fsp3) is 0.500. The smallest absolute Gasteiger partial charge is 0.304 e. The number of aliphatic carboxylic acids is 1. The van der Waals surface area contributed by atoms with E-state index >= 15 is 0 Å². The Morgan fingerprint density at radius 1 is 1.35 bits per heavy atom. The van der Waals surface area contributed by atoms with Crippen LogP contribution in [0, 0.1) is 0 Å². The molecule has 1 atom stereocenters. The maximum absolute atomic E-state index is 10.5. The molecule has 0 saturated carbocycles. The zero-order valence-corrected chi connectivity index (χ0v) is 12.0. The van der Waals surface area contributed by atoms with Gasteiger partial charge < -0.3 is 24.6 Å². The van der Waals surface area contributed by atoms with Gasteiger partial charge in [-0.2, -0.15) is 0 Å². The molecule has 0 fully saturated rings. The maximum atomic E-state index is 10.5. The van der Waals surface area contributed by atoms with Crippen molar-refractivity contribution in [3.8, 4) is 11.5 Å². The second kappa shape index (κ2) is 7.72. The van der Waals surface area contributed by atoms with Crippen molar-refractivity contribution in [3.05, 3.63) is 23.8 Å². The van der Waals surface area contributed by atoms with Gasteiger partial charge in [-0.05, 0) is 19.2 Å². The lowest BCUT2D eigenvalue weighted by Crippen LogP contribution is -2.27. The van der Waals surface area contributed by atoms with Crippen LogP contribution in [0.15, 0.2) is 18.2 Å². The van der Waals surface area contributed by atoms with Crippen LogP contribution < -0.4 is 9.47 Å². The molecule has 0 radical (unpaired) electrons. The minimum absolute atomic E-state index is 0.0446.